The number of sulfonamides is 1. The van der Waals surface area contributed by atoms with E-state index in [1.807, 2.05) is 0 Å². The second-order valence-electron chi connectivity index (χ2n) is 3.69. The monoisotopic (exact) mass is 251 g/mol. The summed E-state index contributed by atoms with van der Waals surface area (Å²) in [6, 6.07) is -0.530. The minimum absolute atomic E-state index is 0.220. The molecule has 0 fully saturated rings. The Morgan fingerprint density at radius 3 is 2.44 bits per heavy atom. The Morgan fingerprint density at radius 1 is 1.50 bits per heavy atom. The van der Waals surface area contributed by atoms with Gasteiger partial charge in [0.05, 0.1) is 12.3 Å². The minimum atomic E-state index is -3.14. The van der Waals surface area contributed by atoms with Crippen molar-refractivity contribution in [3.05, 3.63) is 0 Å². The largest absolute Gasteiger partial charge is 0.355 e. The van der Waals surface area contributed by atoms with Crippen molar-refractivity contribution in [3.8, 4) is 0 Å². The van der Waals surface area contributed by atoms with Crippen LogP contribution in [0.1, 0.15) is 20.3 Å². The minimum Gasteiger partial charge on any atom is -0.355 e. The van der Waals surface area contributed by atoms with Crippen molar-refractivity contribution >= 4 is 15.9 Å². The lowest BCUT2D eigenvalue weighted by Crippen LogP contribution is -2.40. The topological polar surface area (TPSA) is 92.5 Å². The van der Waals surface area contributed by atoms with Crippen molar-refractivity contribution in [2.24, 2.45) is 5.73 Å². The van der Waals surface area contributed by atoms with Crippen LogP contribution in [0.15, 0.2) is 0 Å². The summed E-state index contributed by atoms with van der Waals surface area (Å²) >= 11 is 0. The summed E-state index contributed by atoms with van der Waals surface area (Å²) < 4.78 is 23.8. The van der Waals surface area contributed by atoms with E-state index in [4.69, 9.17) is 5.73 Å². The molecule has 7 heteroatoms. The normalized spacial score (nSPS) is 13.8. The third kappa shape index (κ3) is 6.04. The molecule has 0 bridgehead atoms. The zero-order chi connectivity index (χ0) is 12.8. The number of rotatable bonds is 7. The van der Waals surface area contributed by atoms with Gasteiger partial charge in [0.1, 0.15) is 0 Å². The predicted octanol–water partition coefficient (Wildman–Crippen LogP) is -0.879. The molecule has 16 heavy (non-hydrogen) atoms. The molecule has 0 aromatic rings. The fourth-order valence-corrected chi connectivity index (χ4v) is 2.12. The number of hydrogen-bond donors (Lipinski definition) is 2. The van der Waals surface area contributed by atoms with Gasteiger partial charge in [-0.2, -0.15) is 0 Å². The van der Waals surface area contributed by atoms with Gasteiger partial charge in [-0.05, 0) is 13.3 Å². The highest BCUT2D eigenvalue weighted by Gasteiger charge is 2.13. The van der Waals surface area contributed by atoms with Gasteiger partial charge in [0.15, 0.2) is 0 Å². The molecule has 0 aromatic heterocycles. The third-order valence-electron chi connectivity index (χ3n) is 2.12. The Hall–Kier alpha value is -0.660. The fourth-order valence-electron chi connectivity index (χ4n) is 1.19. The third-order valence-corrected chi connectivity index (χ3v) is 3.50. The number of amides is 1. The summed E-state index contributed by atoms with van der Waals surface area (Å²) in [5.41, 5.74) is 5.36. The maximum Gasteiger partial charge on any atom is 0.236 e. The first kappa shape index (κ1) is 15.3. The Bertz CT molecular complexity index is 314. The standard InChI is InChI=1S/C9H21N3O3S/c1-4-12(16(3,14)15)7-5-6-11-9(13)8(2)10/h8H,4-7,10H2,1-3H3,(H,11,13). The molecule has 0 rings (SSSR count). The van der Waals surface area contributed by atoms with Gasteiger partial charge in [-0.25, -0.2) is 12.7 Å². The molecule has 3 N–H and O–H groups in total. The molecule has 6 nitrogen and oxygen atoms in total. The number of nitrogens with zero attached hydrogens (tertiary/aromatic N) is 1. The van der Waals surface area contributed by atoms with E-state index in [0.29, 0.717) is 26.1 Å². The molecule has 1 unspecified atom stereocenters. The Labute approximate surface area is 97.2 Å². The van der Waals surface area contributed by atoms with Crippen molar-refractivity contribution in [1.82, 2.24) is 9.62 Å². The van der Waals surface area contributed by atoms with E-state index in [2.05, 4.69) is 5.32 Å². The lowest BCUT2D eigenvalue weighted by atomic mass is 10.3. The van der Waals surface area contributed by atoms with Gasteiger partial charge in [-0.1, -0.05) is 6.92 Å². The van der Waals surface area contributed by atoms with E-state index in [1.54, 1.807) is 13.8 Å². The summed E-state index contributed by atoms with van der Waals surface area (Å²) in [6.07, 6.45) is 1.76. The zero-order valence-electron chi connectivity index (χ0n) is 10.1. The van der Waals surface area contributed by atoms with Crippen LogP contribution < -0.4 is 11.1 Å². The van der Waals surface area contributed by atoms with Crippen LogP contribution in [0.25, 0.3) is 0 Å². The SMILES string of the molecule is CCN(CCCNC(=O)C(C)N)S(C)(=O)=O. The van der Waals surface area contributed by atoms with Gasteiger partial charge in [-0.15, -0.1) is 0 Å². The molecule has 96 valence electrons. The van der Waals surface area contributed by atoms with Gasteiger partial charge < -0.3 is 11.1 Å². The maximum atomic E-state index is 11.2. The molecule has 0 radical (unpaired) electrons. The highest BCUT2D eigenvalue weighted by Crippen LogP contribution is 1.98. The predicted molar refractivity (Wildman–Crippen MR) is 63.4 cm³/mol. The molecule has 0 aliphatic carbocycles. The molecule has 0 aliphatic rings. The lowest BCUT2D eigenvalue weighted by molar-refractivity contribution is -0.121. The van der Waals surface area contributed by atoms with Crippen molar-refractivity contribution in [3.63, 3.8) is 0 Å². The van der Waals surface area contributed by atoms with Crippen LogP contribution in [0.2, 0.25) is 0 Å². The molecular weight excluding hydrogens is 230 g/mol. The lowest BCUT2D eigenvalue weighted by Gasteiger charge is -2.17. The number of nitrogens with one attached hydrogen (secondary N) is 1. The van der Waals surface area contributed by atoms with Crippen molar-refractivity contribution in [2.75, 3.05) is 25.9 Å². The highest BCUT2D eigenvalue weighted by molar-refractivity contribution is 7.88. The molecule has 0 heterocycles. The average molecular weight is 251 g/mol. The Kier molecular flexibility index (Phi) is 6.54. The first-order chi connectivity index (χ1) is 7.29. The molecule has 0 spiro atoms. The van der Waals surface area contributed by atoms with Crippen LogP contribution in [0, 0.1) is 0 Å². The average Bonchev–Trinajstić information content (AvgIpc) is 2.15. The van der Waals surface area contributed by atoms with E-state index < -0.39 is 16.1 Å². The fraction of sp³-hybridized carbons (Fsp3) is 0.889. The van der Waals surface area contributed by atoms with Crippen LogP contribution in [0.5, 0.6) is 0 Å². The van der Waals surface area contributed by atoms with Gasteiger partial charge in [-0.3, -0.25) is 4.79 Å². The van der Waals surface area contributed by atoms with E-state index >= 15 is 0 Å². The second-order valence-corrected chi connectivity index (χ2v) is 5.67. The van der Waals surface area contributed by atoms with Crippen LogP contribution in [-0.4, -0.2) is 50.6 Å². The van der Waals surface area contributed by atoms with E-state index in [-0.39, 0.29) is 5.91 Å². The van der Waals surface area contributed by atoms with Crippen molar-refractivity contribution in [1.29, 1.82) is 0 Å². The highest BCUT2D eigenvalue weighted by atomic mass is 32.2. The van der Waals surface area contributed by atoms with Crippen molar-refractivity contribution < 1.29 is 13.2 Å². The molecule has 0 aliphatic heterocycles. The van der Waals surface area contributed by atoms with Crippen LogP contribution in [0.3, 0.4) is 0 Å². The summed E-state index contributed by atoms with van der Waals surface area (Å²) in [5.74, 6) is -0.220. The van der Waals surface area contributed by atoms with E-state index in [0.717, 1.165) is 0 Å². The zero-order valence-corrected chi connectivity index (χ0v) is 10.9. The number of hydrogen-bond acceptors (Lipinski definition) is 4. The van der Waals surface area contributed by atoms with E-state index in [9.17, 15) is 13.2 Å². The van der Waals surface area contributed by atoms with Crippen LogP contribution >= 0.6 is 0 Å². The number of nitrogens with two attached hydrogens (primary N) is 1. The summed E-state index contributed by atoms with van der Waals surface area (Å²) in [6.45, 7) is 4.67. The smallest absolute Gasteiger partial charge is 0.236 e. The summed E-state index contributed by atoms with van der Waals surface area (Å²) in [5, 5.41) is 2.63. The second kappa shape index (κ2) is 6.82. The van der Waals surface area contributed by atoms with Crippen LogP contribution in [-0.2, 0) is 14.8 Å². The van der Waals surface area contributed by atoms with Crippen molar-refractivity contribution in [2.45, 2.75) is 26.3 Å². The molecule has 0 aromatic carbocycles. The van der Waals surface area contributed by atoms with E-state index in [1.165, 1.54) is 10.6 Å². The number of carbonyl (C=O) groups excluding carboxylic acids is 1. The molecule has 0 saturated carbocycles. The van der Waals surface area contributed by atoms with Gasteiger partial charge in [0.2, 0.25) is 15.9 Å². The van der Waals surface area contributed by atoms with Gasteiger partial charge >= 0.3 is 0 Å². The summed E-state index contributed by atoms with van der Waals surface area (Å²) in [7, 11) is -3.14. The quantitative estimate of drug-likeness (QED) is 0.575. The molecule has 0 saturated heterocycles. The molecule has 1 amide bonds. The summed E-state index contributed by atoms with van der Waals surface area (Å²) in [4.78, 5) is 11.1. The maximum absolute atomic E-state index is 11.2. The number of carbonyl (C=O) groups is 1. The van der Waals surface area contributed by atoms with Gasteiger partial charge in [0.25, 0.3) is 0 Å². The molecular formula is C9H21N3O3S. The first-order valence-corrected chi connectivity index (χ1v) is 7.12. The van der Waals surface area contributed by atoms with Gasteiger partial charge in [0, 0.05) is 19.6 Å². The first-order valence-electron chi connectivity index (χ1n) is 5.27. The van der Waals surface area contributed by atoms with Crippen LogP contribution in [0.4, 0.5) is 0 Å². The Balaban J connectivity index is 3.86. The Morgan fingerprint density at radius 2 is 2.06 bits per heavy atom. The molecule has 1 atom stereocenters.